The second-order valence-electron chi connectivity index (χ2n) is 3.20. The van der Waals surface area contributed by atoms with Crippen LogP contribution in [0.1, 0.15) is 24.1 Å². The van der Waals surface area contributed by atoms with Crippen LogP contribution < -0.4 is 4.74 Å². The monoisotopic (exact) mass is 204 g/mol. The molecule has 0 aliphatic rings. The predicted molar refractivity (Wildman–Crippen MR) is 54.6 cm³/mol. The van der Waals surface area contributed by atoms with Gasteiger partial charge in [0.1, 0.15) is 5.92 Å². The van der Waals surface area contributed by atoms with Gasteiger partial charge < -0.3 is 4.74 Å². The summed E-state index contributed by atoms with van der Waals surface area (Å²) in [6, 6.07) is 5.32. The van der Waals surface area contributed by atoms with Gasteiger partial charge in [0.05, 0.1) is 13.2 Å². The van der Waals surface area contributed by atoms with Crippen LogP contribution in [0.15, 0.2) is 12.1 Å². The molecule has 4 heteroatoms. The van der Waals surface area contributed by atoms with Crippen molar-refractivity contribution in [3.63, 3.8) is 0 Å². The Morgan fingerprint density at radius 3 is 2.67 bits per heavy atom. The van der Waals surface area contributed by atoms with Crippen molar-refractivity contribution in [1.29, 1.82) is 5.26 Å². The Labute approximate surface area is 88.5 Å². The topological polar surface area (TPSA) is 63.0 Å². The Bertz CT molecular complexity index is 421. The van der Waals surface area contributed by atoms with E-state index in [2.05, 4.69) is 4.98 Å². The fourth-order valence-corrected chi connectivity index (χ4v) is 1.35. The standard InChI is InChI=1S/C11H12N2O2/c1-7-9(10(6-12)8(2)14)4-5-11(13-7)15-3/h4-5,10H,1-3H3. The summed E-state index contributed by atoms with van der Waals surface area (Å²) in [5.74, 6) is -0.424. The van der Waals surface area contributed by atoms with E-state index in [-0.39, 0.29) is 5.78 Å². The van der Waals surface area contributed by atoms with Gasteiger partial charge >= 0.3 is 0 Å². The fourth-order valence-electron chi connectivity index (χ4n) is 1.35. The van der Waals surface area contributed by atoms with E-state index < -0.39 is 5.92 Å². The van der Waals surface area contributed by atoms with Gasteiger partial charge in [-0.1, -0.05) is 6.07 Å². The minimum absolute atomic E-state index is 0.174. The molecule has 1 rings (SSSR count). The lowest BCUT2D eigenvalue weighted by atomic mass is 9.96. The molecule has 78 valence electrons. The number of carbonyl (C=O) groups excluding carboxylic acids is 1. The van der Waals surface area contributed by atoms with Crippen molar-refractivity contribution in [3.05, 3.63) is 23.4 Å². The molecule has 0 N–H and O–H groups in total. The van der Waals surface area contributed by atoms with Crippen molar-refractivity contribution < 1.29 is 9.53 Å². The summed E-state index contributed by atoms with van der Waals surface area (Å²) in [6.45, 7) is 3.16. The van der Waals surface area contributed by atoms with E-state index in [0.29, 0.717) is 17.1 Å². The largest absolute Gasteiger partial charge is 0.481 e. The molecule has 0 amide bonds. The fraction of sp³-hybridized carbons (Fsp3) is 0.364. The SMILES string of the molecule is COc1ccc(C(C#N)C(C)=O)c(C)n1. The van der Waals surface area contributed by atoms with Gasteiger partial charge in [-0.2, -0.15) is 5.26 Å². The number of nitriles is 1. The summed E-state index contributed by atoms with van der Waals surface area (Å²) < 4.78 is 4.94. The molecule has 0 aliphatic carbocycles. The molecule has 0 aromatic carbocycles. The van der Waals surface area contributed by atoms with Crippen molar-refractivity contribution in [1.82, 2.24) is 4.98 Å². The number of carbonyl (C=O) groups is 1. The molecule has 1 aromatic rings. The summed E-state index contributed by atoms with van der Waals surface area (Å²) in [5.41, 5.74) is 1.29. The first-order valence-electron chi connectivity index (χ1n) is 4.51. The van der Waals surface area contributed by atoms with Gasteiger partial charge in [0.15, 0.2) is 5.78 Å². The first-order chi connectivity index (χ1) is 7.10. The van der Waals surface area contributed by atoms with Crippen LogP contribution in [0.2, 0.25) is 0 Å². The lowest BCUT2D eigenvalue weighted by molar-refractivity contribution is -0.117. The molecule has 0 spiro atoms. The maximum Gasteiger partial charge on any atom is 0.213 e. The number of aromatic nitrogens is 1. The summed E-state index contributed by atoms with van der Waals surface area (Å²) in [7, 11) is 1.52. The van der Waals surface area contributed by atoms with E-state index >= 15 is 0 Å². The van der Waals surface area contributed by atoms with Crippen molar-refractivity contribution in [2.45, 2.75) is 19.8 Å². The second kappa shape index (κ2) is 4.56. The maximum atomic E-state index is 11.2. The van der Waals surface area contributed by atoms with Gasteiger partial charge in [0.2, 0.25) is 5.88 Å². The summed E-state index contributed by atoms with van der Waals surface area (Å²) >= 11 is 0. The average molecular weight is 204 g/mol. The third-order valence-electron chi connectivity index (χ3n) is 2.16. The molecule has 1 unspecified atom stereocenters. The molecule has 0 radical (unpaired) electrons. The van der Waals surface area contributed by atoms with Gasteiger partial charge in [-0.15, -0.1) is 0 Å². The molecule has 0 bridgehead atoms. The second-order valence-corrected chi connectivity index (χ2v) is 3.20. The van der Waals surface area contributed by atoms with E-state index in [1.54, 1.807) is 19.1 Å². The average Bonchev–Trinajstić information content (AvgIpc) is 2.20. The van der Waals surface area contributed by atoms with Gasteiger partial charge in [0.25, 0.3) is 0 Å². The van der Waals surface area contributed by atoms with Crippen LogP contribution in [0, 0.1) is 18.3 Å². The normalized spacial score (nSPS) is 11.6. The molecule has 0 fully saturated rings. The first kappa shape index (κ1) is 11.2. The van der Waals surface area contributed by atoms with Crippen LogP contribution in [0.3, 0.4) is 0 Å². The van der Waals surface area contributed by atoms with Crippen LogP contribution in [0.5, 0.6) is 5.88 Å². The van der Waals surface area contributed by atoms with E-state index in [1.807, 2.05) is 6.07 Å². The van der Waals surface area contributed by atoms with Crippen LogP contribution in [-0.2, 0) is 4.79 Å². The van der Waals surface area contributed by atoms with Gasteiger partial charge in [-0.05, 0) is 19.4 Å². The smallest absolute Gasteiger partial charge is 0.213 e. The number of hydrogen-bond donors (Lipinski definition) is 0. The molecule has 1 aromatic heterocycles. The Kier molecular flexibility index (Phi) is 3.40. The minimum Gasteiger partial charge on any atom is -0.481 e. The Morgan fingerprint density at radius 2 is 2.27 bits per heavy atom. The number of ketones is 1. The number of hydrogen-bond acceptors (Lipinski definition) is 4. The maximum absolute atomic E-state index is 11.2. The third-order valence-corrected chi connectivity index (χ3v) is 2.16. The number of aryl methyl sites for hydroxylation is 1. The quantitative estimate of drug-likeness (QED) is 0.750. The molecule has 4 nitrogen and oxygen atoms in total. The van der Waals surface area contributed by atoms with Gasteiger partial charge in [-0.25, -0.2) is 4.98 Å². The lowest BCUT2D eigenvalue weighted by Crippen LogP contribution is -2.09. The zero-order chi connectivity index (χ0) is 11.4. The molecule has 0 aliphatic heterocycles. The number of rotatable bonds is 3. The summed E-state index contributed by atoms with van der Waals surface area (Å²) in [6.07, 6.45) is 0. The minimum atomic E-state index is -0.733. The van der Waals surface area contributed by atoms with Crippen LogP contribution in [0.25, 0.3) is 0 Å². The molecule has 1 atom stereocenters. The van der Waals surface area contributed by atoms with Gasteiger partial charge in [0, 0.05) is 11.8 Å². The number of Topliss-reactive ketones (excluding diaryl/α,β-unsaturated/α-hetero) is 1. The zero-order valence-corrected chi connectivity index (χ0v) is 8.94. The molecule has 0 saturated heterocycles. The Hall–Kier alpha value is -1.89. The van der Waals surface area contributed by atoms with Crippen molar-refractivity contribution in [2.24, 2.45) is 0 Å². The van der Waals surface area contributed by atoms with E-state index in [0.717, 1.165) is 0 Å². The van der Waals surface area contributed by atoms with Crippen LogP contribution >= 0.6 is 0 Å². The Balaban J connectivity index is 3.16. The summed E-state index contributed by atoms with van der Waals surface area (Å²) in [4.78, 5) is 15.3. The van der Waals surface area contributed by atoms with Crippen LogP contribution in [0.4, 0.5) is 0 Å². The number of methoxy groups -OCH3 is 1. The van der Waals surface area contributed by atoms with E-state index in [1.165, 1.54) is 14.0 Å². The highest BCUT2D eigenvalue weighted by atomic mass is 16.5. The predicted octanol–water partition coefficient (Wildman–Crippen LogP) is 1.59. The Morgan fingerprint density at radius 1 is 1.60 bits per heavy atom. The zero-order valence-electron chi connectivity index (χ0n) is 8.94. The molecular weight excluding hydrogens is 192 g/mol. The molecule has 0 saturated carbocycles. The highest BCUT2D eigenvalue weighted by Crippen LogP contribution is 2.21. The first-order valence-corrected chi connectivity index (χ1v) is 4.51. The molecule has 15 heavy (non-hydrogen) atoms. The summed E-state index contributed by atoms with van der Waals surface area (Å²) in [5, 5.41) is 8.87. The van der Waals surface area contributed by atoms with Gasteiger partial charge in [-0.3, -0.25) is 4.79 Å². The molecular formula is C11H12N2O2. The lowest BCUT2D eigenvalue weighted by Gasteiger charge is -2.09. The van der Waals surface area contributed by atoms with E-state index in [4.69, 9.17) is 10.00 Å². The number of nitrogens with zero attached hydrogens (tertiary/aromatic N) is 2. The number of ether oxygens (including phenoxy) is 1. The van der Waals surface area contributed by atoms with E-state index in [9.17, 15) is 4.79 Å². The number of pyridine rings is 1. The van der Waals surface area contributed by atoms with Crippen molar-refractivity contribution >= 4 is 5.78 Å². The van der Waals surface area contributed by atoms with Crippen molar-refractivity contribution in [3.8, 4) is 11.9 Å². The van der Waals surface area contributed by atoms with Crippen molar-refractivity contribution in [2.75, 3.05) is 7.11 Å². The third kappa shape index (κ3) is 2.32. The highest BCUT2D eigenvalue weighted by Gasteiger charge is 2.18. The highest BCUT2D eigenvalue weighted by molar-refractivity contribution is 5.86. The molecule has 1 heterocycles. The van der Waals surface area contributed by atoms with Crippen LogP contribution in [-0.4, -0.2) is 17.9 Å².